The summed E-state index contributed by atoms with van der Waals surface area (Å²) in [5.41, 5.74) is 4.80. The third kappa shape index (κ3) is 9.04. The molecule has 0 unspecified atom stereocenters. The number of carbonyl (C=O) groups excluding carboxylic acids is 3. The van der Waals surface area contributed by atoms with Crippen LogP contribution in [0.5, 0.6) is 0 Å². The summed E-state index contributed by atoms with van der Waals surface area (Å²) in [5.74, 6) is -3.93. The average molecular weight is 310 g/mol. The summed E-state index contributed by atoms with van der Waals surface area (Å²) in [6.07, 6.45) is -1.65. The lowest BCUT2D eigenvalue weighted by atomic mass is 10.1. The second kappa shape index (κ2) is 9.36. The highest BCUT2D eigenvalue weighted by molar-refractivity contribution is 5.95. The van der Waals surface area contributed by atoms with Crippen LogP contribution in [0.15, 0.2) is 0 Å². The van der Waals surface area contributed by atoms with Crippen molar-refractivity contribution in [1.29, 1.82) is 0 Å². The Bertz CT molecular complexity index is 370. The fourth-order valence-electron chi connectivity index (χ4n) is 1.76. The molecule has 0 fully saturated rings. The maximum atomic E-state index is 12.3. The van der Waals surface area contributed by atoms with Crippen molar-refractivity contribution in [2.45, 2.75) is 64.1 Å². The highest BCUT2D eigenvalue weighted by Gasteiger charge is 2.44. The molecule has 0 aliphatic rings. The van der Waals surface area contributed by atoms with Gasteiger partial charge in [0, 0.05) is 6.42 Å². The molecule has 0 aromatic rings. The lowest BCUT2D eigenvalue weighted by Crippen LogP contribution is -2.48. The number of halogens is 3. The van der Waals surface area contributed by atoms with Gasteiger partial charge in [-0.3, -0.25) is 14.4 Å². The molecule has 0 bridgehead atoms. The molecule has 8 heteroatoms. The molecule has 0 saturated carbocycles. The maximum absolute atomic E-state index is 12.3. The van der Waals surface area contributed by atoms with Gasteiger partial charge in [-0.05, 0) is 6.42 Å². The summed E-state index contributed by atoms with van der Waals surface area (Å²) in [7, 11) is 0. The number of unbranched alkanes of at least 4 members (excludes halogenated alkanes) is 4. The van der Waals surface area contributed by atoms with E-state index >= 15 is 0 Å². The molecular weight excluding hydrogens is 289 g/mol. The fraction of sp³-hybridized carbons (Fsp3) is 0.769. The summed E-state index contributed by atoms with van der Waals surface area (Å²) < 4.78 is 37.0. The number of alkyl halides is 3. The zero-order chi connectivity index (χ0) is 16.5. The molecule has 0 aliphatic heterocycles. The van der Waals surface area contributed by atoms with Gasteiger partial charge in [0.25, 0.3) is 5.78 Å². The van der Waals surface area contributed by atoms with Crippen molar-refractivity contribution in [3.8, 4) is 0 Å². The van der Waals surface area contributed by atoms with Gasteiger partial charge in [0.15, 0.2) is 0 Å². The molecule has 122 valence electrons. The Morgan fingerprint density at radius 3 is 2.14 bits per heavy atom. The van der Waals surface area contributed by atoms with E-state index in [2.05, 4.69) is 0 Å². The minimum Gasteiger partial charge on any atom is -0.370 e. The Morgan fingerprint density at radius 1 is 1.10 bits per heavy atom. The fourth-order valence-corrected chi connectivity index (χ4v) is 1.76. The number of amides is 2. The van der Waals surface area contributed by atoms with Crippen LogP contribution in [0, 0.1) is 0 Å². The Balaban J connectivity index is 4.37. The lowest BCUT2D eigenvalue weighted by Gasteiger charge is -2.17. The van der Waals surface area contributed by atoms with Crippen molar-refractivity contribution < 1.29 is 27.6 Å². The van der Waals surface area contributed by atoms with Crippen LogP contribution >= 0.6 is 0 Å². The van der Waals surface area contributed by atoms with Crippen LogP contribution in [0.2, 0.25) is 0 Å². The van der Waals surface area contributed by atoms with E-state index in [9.17, 15) is 27.6 Å². The van der Waals surface area contributed by atoms with Crippen molar-refractivity contribution in [3.63, 3.8) is 0 Å². The number of ketones is 1. The van der Waals surface area contributed by atoms with Gasteiger partial charge >= 0.3 is 6.18 Å². The maximum Gasteiger partial charge on any atom is 0.452 e. The molecule has 21 heavy (non-hydrogen) atoms. The van der Waals surface area contributed by atoms with Crippen LogP contribution in [-0.2, 0) is 14.4 Å². The highest BCUT2D eigenvalue weighted by atomic mass is 19.4. The van der Waals surface area contributed by atoms with Gasteiger partial charge < -0.3 is 11.1 Å². The second-order valence-electron chi connectivity index (χ2n) is 4.82. The molecule has 2 amide bonds. The first-order valence-corrected chi connectivity index (χ1v) is 6.87. The van der Waals surface area contributed by atoms with Crippen LogP contribution < -0.4 is 11.1 Å². The quantitative estimate of drug-likeness (QED) is 0.603. The van der Waals surface area contributed by atoms with E-state index in [1.165, 1.54) is 0 Å². The van der Waals surface area contributed by atoms with E-state index in [-0.39, 0.29) is 6.42 Å². The topological polar surface area (TPSA) is 89.3 Å². The number of nitrogens with two attached hydrogens (primary N) is 1. The Morgan fingerprint density at radius 2 is 1.67 bits per heavy atom. The minimum atomic E-state index is -5.12. The van der Waals surface area contributed by atoms with Crippen LogP contribution in [0.25, 0.3) is 0 Å². The second-order valence-corrected chi connectivity index (χ2v) is 4.82. The molecule has 0 rings (SSSR count). The van der Waals surface area contributed by atoms with E-state index in [0.29, 0.717) is 6.42 Å². The Hall–Kier alpha value is -1.60. The molecule has 0 saturated heterocycles. The van der Waals surface area contributed by atoms with Crippen molar-refractivity contribution in [3.05, 3.63) is 0 Å². The first-order valence-electron chi connectivity index (χ1n) is 6.87. The standard InChI is InChI=1S/C13H21F3N2O3/c1-2-3-4-5-6-7-11(20)18-9(8-10(17)19)12(21)13(14,15)16/h9H,2-8H2,1H3,(H2,17,19)(H,18,20)/t9-/m1/s1. The van der Waals surface area contributed by atoms with Crippen LogP contribution in [0.3, 0.4) is 0 Å². The van der Waals surface area contributed by atoms with E-state index in [4.69, 9.17) is 5.73 Å². The summed E-state index contributed by atoms with van der Waals surface area (Å²) in [6.45, 7) is 2.03. The smallest absolute Gasteiger partial charge is 0.370 e. The van der Waals surface area contributed by atoms with Crippen LogP contribution in [-0.4, -0.2) is 29.8 Å². The molecule has 1 atom stereocenters. The van der Waals surface area contributed by atoms with Crippen LogP contribution in [0.4, 0.5) is 13.2 Å². The van der Waals surface area contributed by atoms with Gasteiger partial charge in [0.05, 0.1) is 6.42 Å². The first kappa shape index (κ1) is 19.4. The zero-order valence-electron chi connectivity index (χ0n) is 12.0. The molecular formula is C13H21F3N2O3. The molecule has 0 aromatic carbocycles. The molecule has 3 N–H and O–H groups in total. The number of hydrogen-bond acceptors (Lipinski definition) is 3. The number of hydrogen-bond donors (Lipinski definition) is 2. The monoisotopic (exact) mass is 310 g/mol. The number of Topliss-reactive ketones (excluding diaryl/α,β-unsaturated/α-hetero) is 1. The van der Waals surface area contributed by atoms with Gasteiger partial charge in [0.2, 0.25) is 11.8 Å². The molecule has 0 radical (unpaired) electrons. The highest BCUT2D eigenvalue weighted by Crippen LogP contribution is 2.19. The molecule has 0 aromatic heterocycles. The zero-order valence-corrected chi connectivity index (χ0v) is 12.0. The predicted octanol–water partition coefficient (Wildman–Crippen LogP) is 1.84. The van der Waals surface area contributed by atoms with Crippen molar-refractivity contribution >= 4 is 17.6 Å². The van der Waals surface area contributed by atoms with E-state index in [1.54, 1.807) is 0 Å². The van der Waals surface area contributed by atoms with Crippen LogP contribution in [0.1, 0.15) is 51.9 Å². The van der Waals surface area contributed by atoms with Gasteiger partial charge in [0.1, 0.15) is 6.04 Å². The van der Waals surface area contributed by atoms with Crippen molar-refractivity contribution in [2.24, 2.45) is 5.73 Å². The third-order valence-electron chi connectivity index (χ3n) is 2.84. The third-order valence-corrected chi connectivity index (χ3v) is 2.84. The van der Waals surface area contributed by atoms with Crippen molar-refractivity contribution in [2.75, 3.05) is 0 Å². The first-order chi connectivity index (χ1) is 9.68. The number of nitrogens with one attached hydrogen (secondary N) is 1. The predicted molar refractivity (Wildman–Crippen MR) is 70.2 cm³/mol. The summed E-state index contributed by atoms with van der Waals surface area (Å²) in [4.78, 5) is 33.3. The van der Waals surface area contributed by atoms with E-state index < -0.39 is 36.2 Å². The number of primary amides is 1. The van der Waals surface area contributed by atoms with Gasteiger partial charge in [-0.1, -0.05) is 32.6 Å². The average Bonchev–Trinajstić information content (AvgIpc) is 2.35. The number of rotatable bonds is 10. The van der Waals surface area contributed by atoms with Gasteiger partial charge in [-0.2, -0.15) is 13.2 Å². The van der Waals surface area contributed by atoms with E-state index in [1.807, 2.05) is 12.2 Å². The Kier molecular flexibility index (Phi) is 8.64. The molecule has 0 spiro atoms. The summed E-state index contributed by atoms with van der Waals surface area (Å²) in [6, 6.07) is -1.94. The largest absolute Gasteiger partial charge is 0.452 e. The molecule has 0 heterocycles. The van der Waals surface area contributed by atoms with Gasteiger partial charge in [-0.25, -0.2) is 0 Å². The molecule has 0 aliphatic carbocycles. The molecule has 5 nitrogen and oxygen atoms in total. The normalized spacial score (nSPS) is 12.8. The lowest BCUT2D eigenvalue weighted by molar-refractivity contribution is -0.174. The minimum absolute atomic E-state index is 0.0180. The summed E-state index contributed by atoms with van der Waals surface area (Å²) >= 11 is 0. The van der Waals surface area contributed by atoms with Gasteiger partial charge in [-0.15, -0.1) is 0 Å². The Labute approximate surface area is 121 Å². The summed E-state index contributed by atoms with van der Waals surface area (Å²) in [5, 5.41) is 1.94. The number of carbonyl (C=O) groups is 3. The van der Waals surface area contributed by atoms with Crippen molar-refractivity contribution in [1.82, 2.24) is 5.32 Å². The van der Waals surface area contributed by atoms with E-state index in [0.717, 1.165) is 25.7 Å². The SMILES string of the molecule is CCCCCCCC(=O)N[C@H](CC(N)=O)C(=O)C(F)(F)F.